The molecule has 0 saturated heterocycles. The summed E-state index contributed by atoms with van der Waals surface area (Å²) in [4.78, 5) is 26.0. The average molecular weight is 345 g/mol. The van der Waals surface area contributed by atoms with Gasteiger partial charge in [0.15, 0.2) is 12.4 Å². The number of nitrogens with one attached hydrogen (secondary N) is 1. The van der Waals surface area contributed by atoms with Crippen molar-refractivity contribution in [2.75, 3.05) is 25.0 Å². The smallest absolute Gasteiger partial charge is 0.260 e. The standard InChI is InChI=1S/C18H23N3O4/c1-3-4-10-21(12-17(22)19-16-11-14(2)25-20-16)18(23)13-24-15-8-6-5-7-9-15/h5-9,11H,3-4,10,12-13H2,1-2H3,(H,19,20,22). The zero-order chi connectivity index (χ0) is 18.1. The van der Waals surface area contributed by atoms with E-state index >= 15 is 0 Å². The highest BCUT2D eigenvalue weighted by atomic mass is 16.5. The van der Waals surface area contributed by atoms with Crippen molar-refractivity contribution >= 4 is 17.6 Å². The highest BCUT2D eigenvalue weighted by Gasteiger charge is 2.18. The van der Waals surface area contributed by atoms with E-state index < -0.39 is 0 Å². The molecular weight excluding hydrogens is 322 g/mol. The van der Waals surface area contributed by atoms with Gasteiger partial charge in [0, 0.05) is 12.6 Å². The molecule has 0 radical (unpaired) electrons. The third-order valence-electron chi connectivity index (χ3n) is 3.47. The summed E-state index contributed by atoms with van der Waals surface area (Å²) in [5, 5.41) is 6.33. The van der Waals surface area contributed by atoms with E-state index in [4.69, 9.17) is 9.26 Å². The fraction of sp³-hybridized carbons (Fsp3) is 0.389. The van der Waals surface area contributed by atoms with Crippen molar-refractivity contribution in [1.29, 1.82) is 0 Å². The normalized spacial score (nSPS) is 10.3. The van der Waals surface area contributed by atoms with Crippen molar-refractivity contribution in [3.05, 3.63) is 42.2 Å². The van der Waals surface area contributed by atoms with Crippen LogP contribution in [0.5, 0.6) is 5.75 Å². The zero-order valence-electron chi connectivity index (χ0n) is 14.5. The summed E-state index contributed by atoms with van der Waals surface area (Å²) in [5.74, 6) is 1.01. The van der Waals surface area contributed by atoms with Crippen LogP contribution in [0, 0.1) is 6.92 Å². The molecule has 1 heterocycles. The zero-order valence-corrected chi connectivity index (χ0v) is 14.5. The van der Waals surface area contributed by atoms with Crippen molar-refractivity contribution in [1.82, 2.24) is 10.1 Å². The van der Waals surface area contributed by atoms with Crippen LogP contribution in [0.3, 0.4) is 0 Å². The van der Waals surface area contributed by atoms with Crippen LogP contribution in [0.1, 0.15) is 25.5 Å². The highest BCUT2D eigenvalue weighted by Crippen LogP contribution is 2.09. The van der Waals surface area contributed by atoms with E-state index in [1.54, 1.807) is 25.1 Å². The summed E-state index contributed by atoms with van der Waals surface area (Å²) in [7, 11) is 0. The predicted molar refractivity (Wildman–Crippen MR) is 93.3 cm³/mol. The van der Waals surface area contributed by atoms with Crippen LogP contribution in [-0.2, 0) is 9.59 Å². The molecule has 25 heavy (non-hydrogen) atoms. The first kappa shape index (κ1) is 18.5. The van der Waals surface area contributed by atoms with Gasteiger partial charge < -0.3 is 19.5 Å². The van der Waals surface area contributed by atoms with Gasteiger partial charge in [0.05, 0.1) is 0 Å². The summed E-state index contributed by atoms with van der Waals surface area (Å²) in [6.45, 7) is 4.10. The minimum absolute atomic E-state index is 0.0527. The van der Waals surface area contributed by atoms with E-state index in [-0.39, 0.29) is 25.0 Å². The van der Waals surface area contributed by atoms with Crippen LogP contribution >= 0.6 is 0 Å². The summed E-state index contributed by atoms with van der Waals surface area (Å²) < 4.78 is 10.4. The lowest BCUT2D eigenvalue weighted by atomic mass is 10.3. The molecule has 2 amide bonds. The number of unbranched alkanes of at least 4 members (excludes halogenated alkanes) is 1. The number of hydrogen-bond donors (Lipinski definition) is 1. The Labute approximate surface area is 146 Å². The largest absolute Gasteiger partial charge is 0.484 e. The van der Waals surface area contributed by atoms with Crippen LogP contribution in [0.25, 0.3) is 0 Å². The van der Waals surface area contributed by atoms with Gasteiger partial charge in [-0.25, -0.2) is 0 Å². The molecule has 7 nitrogen and oxygen atoms in total. The maximum absolute atomic E-state index is 12.4. The van der Waals surface area contributed by atoms with Crippen molar-refractivity contribution in [2.45, 2.75) is 26.7 Å². The number of rotatable bonds is 9. The van der Waals surface area contributed by atoms with E-state index in [1.165, 1.54) is 4.90 Å². The number of anilines is 1. The fourth-order valence-corrected chi connectivity index (χ4v) is 2.18. The van der Waals surface area contributed by atoms with E-state index in [0.29, 0.717) is 23.9 Å². The molecule has 0 aliphatic carbocycles. The molecule has 7 heteroatoms. The lowest BCUT2D eigenvalue weighted by Crippen LogP contribution is -2.41. The fourth-order valence-electron chi connectivity index (χ4n) is 2.18. The Morgan fingerprint density at radius 1 is 1.28 bits per heavy atom. The Morgan fingerprint density at radius 3 is 2.68 bits per heavy atom. The van der Waals surface area contributed by atoms with Crippen LogP contribution in [-0.4, -0.2) is 41.6 Å². The van der Waals surface area contributed by atoms with Gasteiger partial charge in [-0.2, -0.15) is 0 Å². The van der Waals surface area contributed by atoms with Crippen LogP contribution in [0.15, 0.2) is 40.9 Å². The number of hydrogen-bond acceptors (Lipinski definition) is 5. The summed E-state index contributed by atoms with van der Waals surface area (Å²) in [6, 6.07) is 10.7. The number of aromatic nitrogens is 1. The molecule has 0 bridgehead atoms. The van der Waals surface area contributed by atoms with Crippen molar-refractivity contribution in [2.24, 2.45) is 0 Å². The minimum atomic E-state index is -0.322. The second kappa shape index (κ2) is 9.46. The molecule has 0 spiro atoms. The molecule has 0 unspecified atom stereocenters. The van der Waals surface area contributed by atoms with E-state index in [2.05, 4.69) is 10.5 Å². The average Bonchev–Trinajstić information content (AvgIpc) is 3.02. The number of benzene rings is 1. The van der Waals surface area contributed by atoms with Crippen molar-refractivity contribution in [3.8, 4) is 5.75 Å². The van der Waals surface area contributed by atoms with Gasteiger partial charge in [-0.1, -0.05) is 36.7 Å². The van der Waals surface area contributed by atoms with E-state index in [0.717, 1.165) is 12.8 Å². The van der Waals surface area contributed by atoms with Gasteiger partial charge in [-0.05, 0) is 25.5 Å². The SMILES string of the molecule is CCCCN(CC(=O)Nc1cc(C)on1)C(=O)COc1ccccc1. The second-order valence-electron chi connectivity index (χ2n) is 5.64. The predicted octanol–water partition coefficient (Wildman–Crippen LogP) is 2.63. The quantitative estimate of drug-likeness (QED) is 0.755. The van der Waals surface area contributed by atoms with Gasteiger partial charge in [-0.15, -0.1) is 0 Å². The molecule has 1 N–H and O–H groups in total. The maximum Gasteiger partial charge on any atom is 0.260 e. The summed E-state index contributed by atoms with van der Waals surface area (Å²) in [5.41, 5.74) is 0. The van der Waals surface area contributed by atoms with Crippen molar-refractivity contribution in [3.63, 3.8) is 0 Å². The van der Waals surface area contributed by atoms with Crippen molar-refractivity contribution < 1.29 is 18.8 Å². The molecule has 1 aromatic carbocycles. The first-order valence-corrected chi connectivity index (χ1v) is 8.27. The Hall–Kier alpha value is -2.83. The summed E-state index contributed by atoms with van der Waals surface area (Å²) >= 11 is 0. The maximum atomic E-state index is 12.4. The number of carbonyl (C=O) groups is 2. The molecule has 2 aromatic rings. The number of amides is 2. The number of carbonyl (C=O) groups excluding carboxylic acids is 2. The number of para-hydroxylation sites is 1. The molecule has 0 aliphatic heterocycles. The molecule has 1 aromatic heterocycles. The summed E-state index contributed by atoms with van der Waals surface area (Å²) in [6.07, 6.45) is 1.74. The van der Waals surface area contributed by atoms with Gasteiger partial charge in [0.2, 0.25) is 5.91 Å². The number of ether oxygens (including phenoxy) is 1. The Kier molecular flexibility index (Phi) is 7.00. The second-order valence-corrected chi connectivity index (χ2v) is 5.64. The molecule has 2 rings (SSSR count). The third-order valence-corrected chi connectivity index (χ3v) is 3.47. The van der Waals surface area contributed by atoms with Crippen LogP contribution < -0.4 is 10.1 Å². The Morgan fingerprint density at radius 2 is 2.04 bits per heavy atom. The lowest BCUT2D eigenvalue weighted by molar-refractivity contribution is -0.136. The monoisotopic (exact) mass is 345 g/mol. The van der Waals surface area contributed by atoms with E-state index in [9.17, 15) is 9.59 Å². The third kappa shape index (κ3) is 6.29. The molecule has 0 aliphatic rings. The molecule has 134 valence electrons. The highest BCUT2D eigenvalue weighted by molar-refractivity contribution is 5.94. The lowest BCUT2D eigenvalue weighted by Gasteiger charge is -2.21. The Bertz CT molecular complexity index is 685. The van der Waals surface area contributed by atoms with E-state index in [1.807, 2.05) is 25.1 Å². The van der Waals surface area contributed by atoms with Crippen LogP contribution in [0.4, 0.5) is 5.82 Å². The van der Waals surface area contributed by atoms with Crippen LogP contribution in [0.2, 0.25) is 0 Å². The molecule has 0 fully saturated rings. The minimum Gasteiger partial charge on any atom is -0.484 e. The first-order chi connectivity index (χ1) is 12.1. The first-order valence-electron chi connectivity index (χ1n) is 8.27. The molecular formula is C18H23N3O4. The number of nitrogens with zero attached hydrogens (tertiary/aromatic N) is 2. The van der Waals surface area contributed by atoms with Gasteiger partial charge in [0.25, 0.3) is 5.91 Å². The topological polar surface area (TPSA) is 84.7 Å². The van der Waals surface area contributed by atoms with Gasteiger partial charge in [-0.3, -0.25) is 9.59 Å². The number of aryl methyl sites for hydroxylation is 1. The Balaban J connectivity index is 1.89. The van der Waals surface area contributed by atoms with Gasteiger partial charge >= 0.3 is 0 Å². The molecule has 0 atom stereocenters. The molecule has 0 saturated carbocycles. The van der Waals surface area contributed by atoms with Gasteiger partial charge in [0.1, 0.15) is 18.1 Å².